The second kappa shape index (κ2) is 5.10. The predicted molar refractivity (Wildman–Crippen MR) is 59.6 cm³/mol. The Morgan fingerprint density at radius 3 is 2.79 bits per heavy atom. The van der Waals surface area contributed by atoms with Crippen molar-refractivity contribution in [2.24, 2.45) is 0 Å². The quantitative estimate of drug-likeness (QED) is 0.735. The van der Waals surface area contributed by atoms with Crippen LogP contribution in [0, 0.1) is 0 Å². The first kappa shape index (κ1) is 12.0. The Bertz CT molecular complexity index is 171. The standard InChI is InChI=1S/C11H24N2O/c1-5-10-8-13(6-7-14-10)9-11(2,3)12-4/h10,12H,5-9H2,1-4H3. The van der Waals surface area contributed by atoms with Gasteiger partial charge in [0.25, 0.3) is 0 Å². The molecule has 1 unspecified atom stereocenters. The molecule has 0 saturated carbocycles. The highest BCUT2D eigenvalue weighted by molar-refractivity contribution is 4.82. The Kier molecular flexibility index (Phi) is 4.35. The van der Waals surface area contributed by atoms with Crippen molar-refractivity contribution in [2.75, 3.05) is 33.3 Å². The third-order valence-electron chi connectivity index (χ3n) is 2.97. The zero-order valence-electron chi connectivity index (χ0n) is 9.97. The first-order valence-electron chi connectivity index (χ1n) is 5.60. The van der Waals surface area contributed by atoms with Gasteiger partial charge in [0.2, 0.25) is 0 Å². The fourth-order valence-corrected chi connectivity index (χ4v) is 1.81. The Balaban J connectivity index is 2.37. The number of nitrogens with one attached hydrogen (secondary N) is 1. The van der Waals surface area contributed by atoms with E-state index in [1.54, 1.807) is 0 Å². The smallest absolute Gasteiger partial charge is 0.0700 e. The van der Waals surface area contributed by atoms with Crippen LogP contribution >= 0.6 is 0 Å². The van der Waals surface area contributed by atoms with Crippen molar-refractivity contribution in [2.45, 2.75) is 38.8 Å². The first-order valence-corrected chi connectivity index (χ1v) is 5.60. The lowest BCUT2D eigenvalue weighted by Gasteiger charge is -2.37. The molecule has 1 aliphatic heterocycles. The summed E-state index contributed by atoms with van der Waals surface area (Å²) in [5, 5.41) is 3.34. The van der Waals surface area contributed by atoms with Crippen molar-refractivity contribution in [3.8, 4) is 0 Å². The number of hydrogen-bond donors (Lipinski definition) is 1. The number of likely N-dealkylation sites (N-methyl/N-ethyl adjacent to an activating group) is 1. The van der Waals surface area contributed by atoms with E-state index in [-0.39, 0.29) is 5.54 Å². The van der Waals surface area contributed by atoms with Gasteiger partial charge in [0, 0.05) is 25.2 Å². The third-order valence-corrected chi connectivity index (χ3v) is 2.97. The number of ether oxygens (including phenoxy) is 1. The Hall–Kier alpha value is -0.120. The minimum atomic E-state index is 0.204. The van der Waals surface area contributed by atoms with Gasteiger partial charge in [-0.05, 0) is 27.3 Å². The maximum Gasteiger partial charge on any atom is 0.0700 e. The van der Waals surface area contributed by atoms with Gasteiger partial charge in [-0.25, -0.2) is 0 Å². The van der Waals surface area contributed by atoms with Crippen molar-refractivity contribution in [3.05, 3.63) is 0 Å². The molecule has 1 saturated heterocycles. The van der Waals surface area contributed by atoms with Gasteiger partial charge in [0.15, 0.2) is 0 Å². The van der Waals surface area contributed by atoms with Crippen molar-refractivity contribution < 1.29 is 4.74 Å². The molecule has 1 heterocycles. The van der Waals surface area contributed by atoms with Gasteiger partial charge in [-0.15, -0.1) is 0 Å². The Morgan fingerprint density at radius 1 is 1.50 bits per heavy atom. The molecule has 0 bridgehead atoms. The fraction of sp³-hybridized carbons (Fsp3) is 1.00. The summed E-state index contributed by atoms with van der Waals surface area (Å²) in [5.74, 6) is 0. The van der Waals surface area contributed by atoms with E-state index in [9.17, 15) is 0 Å². The summed E-state index contributed by atoms with van der Waals surface area (Å²) in [7, 11) is 2.03. The van der Waals surface area contributed by atoms with Crippen LogP contribution in [-0.2, 0) is 4.74 Å². The van der Waals surface area contributed by atoms with E-state index in [2.05, 4.69) is 31.0 Å². The second-order valence-electron chi connectivity index (χ2n) is 4.77. The third kappa shape index (κ3) is 3.56. The zero-order chi connectivity index (χ0) is 10.6. The highest BCUT2D eigenvalue weighted by atomic mass is 16.5. The number of hydrogen-bond acceptors (Lipinski definition) is 3. The molecular weight excluding hydrogens is 176 g/mol. The lowest BCUT2D eigenvalue weighted by molar-refractivity contribution is -0.0356. The molecule has 0 aromatic rings. The molecule has 84 valence electrons. The summed E-state index contributed by atoms with van der Waals surface area (Å²) in [5.41, 5.74) is 0.204. The molecule has 3 heteroatoms. The normalized spacial score (nSPS) is 25.3. The largest absolute Gasteiger partial charge is 0.376 e. The van der Waals surface area contributed by atoms with Gasteiger partial charge in [-0.3, -0.25) is 4.90 Å². The van der Waals surface area contributed by atoms with Crippen LogP contribution in [0.1, 0.15) is 27.2 Å². The van der Waals surface area contributed by atoms with Crippen LogP contribution in [0.2, 0.25) is 0 Å². The first-order chi connectivity index (χ1) is 6.57. The summed E-state index contributed by atoms with van der Waals surface area (Å²) in [4.78, 5) is 2.49. The predicted octanol–water partition coefficient (Wildman–Crippen LogP) is 1.10. The summed E-state index contributed by atoms with van der Waals surface area (Å²) >= 11 is 0. The number of nitrogens with zero attached hydrogens (tertiary/aromatic N) is 1. The maximum atomic E-state index is 5.64. The zero-order valence-corrected chi connectivity index (χ0v) is 9.97. The monoisotopic (exact) mass is 200 g/mol. The van der Waals surface area contributed by atoms with Crippen molar-refractivity contribution in [3.63, 3.8) is 0 Å². The van der Waals surface area contributed by atoms with Gasteiger partial charge in [-0.2, -0.15) is 0 Å². The van der Waals surface area contributed by atoms with Crippen molar-refractivity contribution >= 4 is 0 Å². The van der Waals surface area contributed by atoms with Crippen LogP contribution in [0.3, 0.4) is 0 Å². The number of rotatable bonds is 4. The van der Waals surface area contributed by atoms with Crippen LogP contribution in [0.4, 0.5) is 0 Å². The summed E-state index contributed by atoms with van der Waals surface area (Å²) < 4.78 is 5.64. The van der Waals surface area contributed by atoms with E-state index in [1.165, 1.54) is 0 Å². The highest BCUT2D eigenvalue weighted by Crippen LogP contribution is 2.12. The number of morpholine rings is 1. The van der Waals surface area contributed by atoms with Gasteiger partial charge in [0.05, 0.1) is 12.7 Å². The Labute approximate surface area is 87.8 Å². The van der Waals surface area contributed by atoms with E-state index in [4.69, 9.17) is 4.74 Å². The van der Waals surface area contributed by atoms with E-state index >= 15 is 0 Å². The molecular formula is C11H24N2O. The molecule has 1 atom stereocenters. The average molecular weight is 200 g/mol. The molecule has 0 aromatic heterocycles. The van der Waals surface area contributed by atoms with Gasteiger partial charge < -0.3 is 10.1 Å². The summed E-state index contributed by atoms with van der Waals surface area (Å²) in [6.07, 6.45) is 1.56. The fourth-order valence-electron chi connectivity index (χ4n) is 1.81. The van der Waals surface area contributed by atoms with Crippen LogP contribution in [0.25, 0.3) is 0 Å². The minimum absolute atomic E-state index is 0.204. The summed E-state index contributed by atoms with van der Waals surface area (Å²) in [6.45, 7) is 10.8. The molecule has 0 spiro atoms. The molecule has 0 aliphatic carbocycles. The molecule has 1 fully saturated rings. The Morgan fingerprint density at radius 2 is 2.21 bits per heavy atom. The minimum Gasteiger partial charge on any atom is -0.376 e. The molecule has 1 rings (SSSR count). The maximum absolute atomic E-state index is 5.64. The lowest BCUT2D eigenvalue weighted by atomic mass is 10.0. The highest BCUT2D eigenvalue weighted by Gasteiger charge is 2.24. The summed E-state index contributed by atoms with van der Waals surface area (Å²) in [6, 6.07) is 0. The van der Waals surface area contributed by atoms with Crippen LogP contribution in [0.15, 0.2) is 0 Å². The van der Waals surface area contributed by atoms with Crippen molar-refractivity contribution in [1.82, 2.24) is 10.2 Å². The van der Waals surface area contributed by atoms with E-state index in [1.807, 2.05) is 7.05 Å². The second-order valence-corrected chi connectivity index (χ2v) is 4.77. The van der Waals surface area contributed by atoms with E-state index < -0.39 is 0 Å². The van der Waals surface area contributed by atoms with Gasteiger partial charge >= 0.3 is 0 Å². The van der Waals surface area contributed by atoms with Crippen LogP contribution in [-0.4, -0.2) is 49.8 Å². The van der Waals surface area contributed by atoms with E-state index in [0.717, 1.165) is 32.7 Å². The molecule has 1 N–H and O–H groups in total. The molecule has 0 aromatic carbocycles. The average Bonchev–Trinajstić information content (AvgIpc) is 2.17. The molecule has 0 amide bonds. The van der Waals surface area contributed by atoms with Crippen LogP contribution in [0.5, 0.6) is 0 Å². The van der Waals surface area contributed by atoms with Crippen molar-refractivity contribution in [1.29, 1.82) is 0 Å². The molecule has 1 aliphatic rings. The molecule has 3 nitrogen and oxygen atoms in total. The molecule has 14 heavy (non-hydrogen) atoms. The van der Waals surface area contributed by atoms with Gasteiger partial charge in [-0.1, -0.05) is 6.92 Å². The molecule has 0 radical (unpaired) electrons. The lowest BCUT2D eigenvalue weighted by Crippen LogP contribution is -2.52. The van der Waals surface area contributed by atoms with Crippen LogP contribution < -0.4 is 5.32 Å². The van der Waals surface area contributed by atoms with Gasteiger partial charge in [0.1, 0.15) is 0 Å². The van der Waals surface area contributed by atoms with E-state index in [0.29, 0.717) is 6.10 Å². The SMILES string of the molecule is CCC1CN(CC(C)(C)NC)CCO1. The topological polar surface area (TPSA) is 24.5 Å².